The summed E-state index contributed by atoms with van der Waals surface area (Å²) < 4.78 is 1.73. The average molecular weight is 301 g/mol. The third kappa shape index (κ3) is 3.04. The molecule has 0 fully saturated rings. The molecule has 3 nitrogen and oxygen atoms in total. The molecule has 82 valence electrons. The molecule has 1 unspecified atom stereocenters. The molecule has 0 aliphatic heterocycles. The summed E-state index contributed by atoms with van der Waals surface area (Å²) in [5, 5.41) is 13.0. The van der Waals surface area contributed by atoms with Crippen molar-refractivity contribution in [2.45, 2.75) is 40.2 Å². The van der Waals surface area contributed by atoms with Crippen molar-refractivity contribution in [2.24, 2.45) is 0 Å². The van der Waals surface area contributed by atoms with E-state index in [9.17, 15) is 5.21 Å². The predicted molar refractivity (Wildman–Crippen MR) is 52.2 cm³/mol. The van der Waals surface area contributed by atoms with E-state index in [1.54, 1.807) is 0 Å². The first-order valence-electron chi connectivity index (χ1n) is 4.72. The van der Waals surface area contributed by atoms with Crippen LogP contribution in [-0.4, -0.2) is 31.5 Å². The zero-order valence-corrected chi connectivity index (χ0v) is 11.8. The van der Waals surface area contributed by atoms with Crippen LogP contribution < -0.4 is 21.5 Å². The number of alkyl halides is 1. The van der Waals surface area contributed by atoms with Gasteiger partial charge in [-0.3, -0.25) is 0 Å². The molecule has 0 aliphatic carbocycles. The molecule has 0 bridgehead atoms. The first-order chi connectivity index (χ1) is 5.79. The van der Waals surface area contributed by atoms with Crippen molar-refractivity contribution in [3.05, 3.63) is 5.21 Å². The van der Waals surface area contributed by atoms with Crippen LogP contribution in [0.4, 0.5) is 0 Å². The SMILES string of the molecule is CC[I-][N+](C)(N([O-])CC)C(C)(C)C. The van der Waals surface area contributed by atoms with Crippen LogP contribution in [0.5, 0.6) is 0 Å². The molecule has 0 aromatic carbocycles. The van der Waals surface area contributed by atoms with Gasteiger partial charge in [0.1, 0.15) is 0 Å². The van der Waals surface area contributed by atoms with Crippen LogP contribution in [0.2, 0.25) is 0 Å². The van der Waals surface area contributed by atoms with E-state index in [2.05, 4.69) is 34.7 Å². The normalized spacial score (nSPS) is 17.8. The second kappa shape index (κ2) is 4.91. The van der Waals surface area contributed by atoms with Gasteiger partial charge in [0.05, 0.1) is 0 Å². The van der Waals surface area contributed by atoms with Crippen molar-refractivity contribution < 1.29 is 24.3 Å². The molecule has 0 amide bonds. The van der Waals surface area contributed by atoms with Gasteiger partial charge >= 0.3 is 92.8 Å². The Morgan fingerprint density at radius 3 is 2.00 bits per heavy atom. The molecular formula is C9H22IN2O-. The van der Waals surface area contributed by atoms with Crippen LogP contribution in [0, 0.1) is 5.21 Å². The molecule has 0 spiro atoms. The first-order valence-corrected chi connectivity index (χ1v) is 7.21. The molecule has 0 heterocycles. The number of quaternary nitrogens is 1. The zero-order valence-electron chi connectivity index (χ0n) is 9.59. The van der Waals surface area contributed by atoms with Gasteiger partial charge in [0.15, 0.2) is 0 Å². The van der Waals surface area contributed by atoms with Gasteiger partial charge in [-0.15, -0.1) is 0 Å². The van der Waals surface area contributed by atoms with Crippen molar-refractivity contribution in [1.29, 1.82) is 0 Å². The molecule has 13 heavy (non-hydrogen) atoms. The van der Waals surface area contributed by atoms with Crippen LogP contribution in [0.15, 0.2) is 0 Å². The molecule has 1 atom stereocenters. The van der Waals surface area contributed by atoms with Gasteiger partial charge in [-0.25, -0.2) is 0 Å². The van der Waals surface area contributed by atoms with Crippen molar-refractivity contribution in [1.82, 2.24) is 5.17 Å². The van der Waals surface area contributed by atoms with Gasteiger partial charge in [0, 0.05) is 0 Å². The first kappa shape index (κ1) is 13.6. The number of rotatable bonds is 4. The van der Waals surface area contributed by atoms with Crippen LogP contribution in [0.25, 0.3) is 0 Å². The summed E-state index contributed by atoms with van der Waals surface area (Å²) >= 11 is -0.107. The van der Waals surface area contributed by atoms with E-state index in [0.29, 0.717) is 9.35 Å². The number of hydrogen-bond donors (Lipinski definition) is 0. The van der Waals surface area contributed by atoms with Gasteiger partial charge in [-0.2, -0.15) is 0 Å². The molecule has 0 aromatic heterocycles. The topological polar surface area (TPSA) is 26.3 Å². The van der Waals surface area contributed by atoms with E-state index in [0.717, 1.165) is 4.43 Å². The molecule has 0 aromatic rings. The Labute approximate surface area is 92.8 Å². The Morgan fingerprint density at radius 2 is 1.77 bits per heavy atom. The quantitative estimate of drug-likeness (QED) is 0.288. The molecule has 0 N–H and O–H groups in total. The summed E-state index contributed by atoms with van der Waals surface area (Å²) in [5.74, 6) is 0. The molecule has 0 aliphatic rings. The van der Waals surface area contributed by atoms with Crippen molar-refractivity contribution >= 4 is 0 Å². The second-order valence-electron chi connectivity index (χ2n) is 4.08. The number of hydrogen-bond acceptors (Lipinski definition) is 2. The number of hydroxylamine groups is 1. The van der Waals surface area contributed by atoms with E-state index in [-0.39, 0.29) is 27.0 Å². The van der Waals surface area contributed by atoms with Crippen molar-refractivity contribution in [3.63, 3.8) is 0 Å². The Hall–Kier alpha value is 0.610. The minimum atomic E-state index is -0.107. The van der Waals surface area contributed by atoms with E-state index >= 15 is 0 Å². The monoisotopic (exact) mass is 301 g/mol. The summed E-state index contributed by atoms with van der Waals surface area (Å²) in [6.45, 7) is 11.1. The summed E-state index contributed by atoms with van der Waals surface area (Å²) in [4.78, 5) is 0. The molecule has 0 saturated carbocycles. The summed E-state index contributed by atoms with van der Waals surface area (Å²) in [6.07, 6.45) is 0. The van der Waals surface area contributed by atoms with Gasteiger partial charge in [-0.1, -0.05) is 0 Å². The Morgan fingerprint density at radius 1 is 1.31 bits per heavy atom. The third-order valence-corrected chi connectivity index (χ3v) is 6.21. The summed E-state index contributed by atoms with van der Waals surface area (Å²) in [5.41, 5.74) is 0.0288. The molecule has 4 heteroatoms. The fourth-order valence-corrected chi connectivity index (χ4v) is 4.07. The maximum absolute atomic E-state index is 11.8. The van der Waals surface area contributed by atoms with E-state index in [1.807, 2.05) is 6.92 Å². The van der Waals surface area contributed by atoms with Gasteiger partial charge in [0.25, 0.3) is 0 Å². The van der Waals surface area contributed by atoms with Crippen LogP contribution in [0.3, 0.4) is 0 Å². The average Bonchev–Trinajstić information content (AvgIpc) is 2.01. The summed E-state index contributed by atoms with van der Waals surface area (Å²) in [7, 11) is 2.06. The maximum atomic E-state index is 11.8. The molecule has 0 radical (unpaired) electrons. The molecule has 0 saturated heterocycles. The third-order valence-electron chi connectivity index (χ3n) is 2.27. The van der Waals surface area contributed by atoms with Gasteiger partial charge in [0.2, 0.25) is 0 Å². The van der Waals surface area contributed by atoms with Crippen molar-refractivity contribution in [2.75, 3.05) is 18.0 Å². The number of nitrogens with zero attached hydrogens (tertiary/aromatic N) is 2. The second-order valence-corrected chi connectivity index (χ2v) is 8.17. The standard InChI is InChI=1S/C9H22IN2O/c1-7-10-12(6,9(3,4)5)11(13)8-2/h7-8H2,1-6H3/q-1. The molecule has 0 rings (SSSR count). The summed E-state index contributed by atoms with van der Waals surface area (Å²) in [6, 6.07) is 0. The Balaban J connectivity index is 4.72. The van der Waals surface area contributed by atoms with E-state index in [4.69, 9.17) is 0 Å². The minimum absolute atomic E-state index is 0.0288. The van der Waals surface area contributed by atoms with Gasteiger partial charge in [-0.05, 0) is 0 Å². The Kier molecular flexibility index (Phi) is 5.14. The van der Waals surface area contributed by atoms with E-state index in [1.165, 1.54) is 5.17 Å². The fraction of sp³-hybridized carbons (Fsp3) is 1.00. The zero-order chi connectivity index (χ0) is 10.7. The van der Waals surface area contributed by atoms with Crippen molar-refractivity contribution in [3.8, 4) is 0 Å². The van der Waals surface area contributed by atoms with E-state index < -0.39 is 0 Å². The number of halogens is 1. The van der Waals surface area contributed by atoms with Crippen LogP contribution in [-0.2, 0) is 0 Å². The predicted octanol–water partition coefficient (Wildman–Crippen LogP) is -1.01. The Bertz CT molecular complexity index is 158. The fourth-order valence-electron chi connectivity index (χ4n) is 1.07. The van der Waals surface area contributed by atoms with Crippen LogP contribution in [0.1, 0.15) is 34.6 Å². The molecular weight excluding hydrogens is 279 g/mol. The van der Waals surface area contributed by atoms with Gasteiger partial charge < -0.3 is 0 Å². The van der Waals surface area contributed by atoms with Crippen LogP contribution >= 0.6 is 0 Å².